The summed E-state index contributed by atoms with van der Waals surface area (Å²) in [5.74, 6) is -0.322. The number of hydrogen-bond donors (Lipinski definition) is 2. The van der Waals surface area contributed by atoms with Crippen LogP contribution in [0.2, 0.25) is 0 Å². The number of rotatable bonds is 3. The Morgan fingerprint density at radius 2 is 2.11 bits per heavy atom. The largest absolute Gasteiger partial charge is 0.444 e. The second-order valence-corrected chi connectivity index (χ2v) is 5.39. The number of aliphatic hydroxyl groups is 1. The summed E-state index contributed by atoms with van der Waals surface area (Å²) in [5.41, 5.74) is 0.484. The van der Waals surface area contributed by atoms with Gasteiger partial charge in [0.1, 0.15) is 11.4 Å². The van der Waals surface area contributed by atoms with Crippen LogP contribution in [0.25, 0.3) is 0 Å². The molecule has 0 aliphatic carbocycles. The van der Waals surface area contributed by atoms with E-state index in [2.05, 4.69) is 5.32 Å². The van der Waals surface area contributed by atoms with Gasteiger partial charge in [0.2, 0.25) is 0 Å². The molecular weight excluding hydrogens is 249 g/mol. The summed E-state index contributed by atoms with van der Waals surface area (Å²) in [5, 5.41) is 11.9. The van der Waals surface area contributed by atoms with E-state index in [0.29, 0.717) is 11.1 Å². The van der Waals surface area contributed by atoms with E-state index in [1.54, 1.807) is 33.8 Å². The molecule has 4 nitrogen and oxygen atoms in total. The molecule has 0 aliphatic heterocycles. The Morgan fingerprint density at radius 1 is 1.47 bits per heavy atom. The number of amides is 1. The average molecular weight is 269 g/mol. The Morgan fingerprint density at radius 3 is 2.58 bits per heavy atom. The van der Waals surface area contributed by atoms with Gasteiger partial charge in [-0.15, -0.1) is 0 Å². The Kier molecular flexibility index (Phi) is 4.89. The number of nitrogens with one attached hydrogen (secondary N) is 1. The maximum absolute atomic E-state index is 13.2. The third kappa shape index (κ3) is 4.87. The van der Waals surface area contributed by atoms with Crippen LogP contribution in [0.15, 0.2) is 18.2 Å². The molecule has 2 N–H and O–H groups in total. The van der Waals surface area contributed by atoms with Gasteiger partial charge in [-0.05, 0) is 44.9 Å². The molecule has 0 saturated carbocycles. The fraction of sp³-hybridized carbons (Fsp3) is 0.500. The molecule has 0 aromatic heterocycles. The van der Waals surface area contributed by atoms with E-state index in [1.807, 2.05) is 0 Å². The van der Waals surface area contributed by atoms with Gasteiger partial charge >= 0.3 is 6.09 Å². The predicted molar refractivity (Wildman–Crippen MR) is 70.3 cm³/mol. The van der Waals surface area contributed by atoms with Crippen molar-refractivity contribution in [2.24, 2.45) is 0 Å². The summed E-state index contributed by atoms with van der Waals surface area (Å²) >= 11 is 0. The predicted octanol–water partition coefficient (Wildman–Crippen LogP) is 2.69. The molecule has 1 amide bonds. The molecule has 5 heteroatoms. The lowest BCUT2D eigenvalue weighted by molar-refractivity contribution is 0.0482. The highest BCUT2D eigenvalue weighted by atomic mass is 19.1. The van der Waals surface area contributed by atoms with Gasteiger partial charge in [0.05, 0.1) is 12.6 Å². The molecule has 0 spiro atoms. The Balaban J connectivity index is 2.78. The summed E-state index contributed by atoms with van der Waals surface area (Å²) in [7, 11) is 0. The van der Waals surface area contributed by atoms with Crippen LogP contribution in [0.3, 0.4) is 0 Å². The number of halogens is 1. The molecule has 0 fully saturated rings. The highest BCUT2D eigenvalue weighted by Crippen LogP contribution is 2.17. The number of benzene rings is 1. The van der Waals surface area contributed by atoms with Gasteiger partial charge in [0, 0.05) is 0 Å². The van der Waals surface area contributed by atoms with E-state index in [1.165, 1.54) is 12.1 Å². The van der Waals surface area contributed by atoms with Gasteiger partial charge in [0.15, 0.2) is 0 Å². The van der Waals surface area contributed by atoms with Gasteiger partial charge in [-0.2, -0.15) is 0 Å². The van der Waals surface area contributed by atoms with E-state index < -0.39 is 17.7 Å². The number of aliphatic hydroxyl groups excluding tert-OH is 1. The Labute approximate surface area is 112 Å². The van der Waals surface area contributed by atoms with Crippen molar-refractivity contribution in [1.29, 1.82) is 0 Å². The van der Waals surface area contributed by atoms with Crippen LogP contribution < -0.4 is 5.32 Å². The molecule has 0 heterocycles. The molecule has 0 radical (unpaired) electrons. The van der Waals surface area contributed by atoms with Crippen LogP contribution in [-0.2, 0) is 4.74 Å². The highest BCUT2D eigenvalue weighted by molar-refractivity contribution is 5.68. The summed E-state index contributed by atoms with van der Waals surface area (Å²) in [4.78, 5) is 11.6. The van der Waals surface area contributed by atoms with Gasteiger partial charge < -0.3 is 15.2 Å². The van der Waals surface area contributed by atoms with Crippen LogP contribution in [-0.4, -0.2) is 23.4 Å². The van der Waals surface area contributed by atoms with E-state index >= 15 is 0 Å². The second kappa shape index (κ2) is 6.02. The van der Waals surface area contributed by atoms with Crippen molar-refractivity contribution >= 4 is 6.09 Å². The lowest BCUT2D eigenvalue weighted by Gasteiger charge is -2.23. The van der Waals surface area contributed by atoms with Crippen molar-refractivity contribution < 1.29 is 19.0 Å². The van der Waals surface area contributed by atoms with Crippen molar-refractivity contribution in [3.63, 3.8) is 0 Å². The first kappa shape index (κ1) is 15.4. The zero-order valence-corrected chi connectivity index (χ0v) is 11.7. The van der Waals surface area contributed by atoms with Crippen molar-refractivity contribution in [3.05, 3.63) is 35.1 Å². The van der Waals surface area contributed by atoms with E-state index in [9.17, 15) is 14.3 Å². The number of ether oxygens (including phenoxy) is 1. The van der Waals surface area contributed by atoms with E-state index in [-0.39, 0.29) is 12.4 Å². The normalized spacial score (nSPS) is 12.9. The molecule has 1 rings (SSSR count). The SMILES string of the molecule is Cc1cc(C(CO)NC(=O)OC(C)(C)C)ccc1F. The highest BCUT2D eigenvalue weighted by Gasteiger charge is 2.20. The lowest BCUT2D eigenvalue weighted by Crippen LogP contribution is -2.36. The molecule has 1 atom stereocenters. The maximum atomic E-state index is 13.2. The number of carbonyl (C=O) groups excluding carboxylic acids is 1. The Hall–Kier alpha value is -1.62. The standard InChI is InChI=1S/C14H20FNO3/c1-9-7-10(5-6-11(9)15)12(8-17)16-13(18)19-14(2,3)4/h5-7,12,17H,8H2,1-4H3,(H,16,18). The van der Waals surface area contributed by atoms with Gasteiger partial charge in [-0.1, -0.05) is 12.1 Å². The van der Waals surface area contributed by atoms with E-state index in [4.69, 9.17) is 4.74 Å². The molecule has 1 unspecified atom stereocenters. The topological polar surface area (TPSA) is 58.6 Å². The third-order valence-corrected chi connectivity index (χ3v) is 2.46. The summed E-state index contributed by atoms with van der Waals surface area (Å²) in [6, 6.07) is 3.81. The van der Waals surface area contributed by atoms with Crippen molar-refractivity contribution in [3.8, 4) is 0 Å². The van der Waals surface area contributed by atoms with Crippen LogP contribution in [0.5, 0.6) is 0 Å². The molecule has 0 bridgehead atoms. The number of aryl methyl sites for hydroxylation is 1. The first-order valence-electron chi connectivity index (χ1n) is 6.09. The molecule has 19 heavy (non-hydrogen) atoms. The number of hydrogen-bond acceptors (Lipinski definition) is 3. The maximum Gasteiger partial charge on any atom is 0.408 e. The first-order valence-corrected chi connectivity index (χ1v) is 6.09. The zero-order chi connectivity index (χ0) is 14.6. The van der Waals surface area contributed by atoms with Crippen LogP contribution in [0.1, 0.15) is 37.9 Å². The number of carbonyl (C=O) groups is 1. The zero-order valence-electron chi connectivity index (χ0n) is 11.7. The van der Waals surface area contributed by atoms with Crippen molar-refractivity contribution in [1.82, 2.24) is 5.32 Å². The fourth-order valence-electron chi connectivity index (χ4n) is 1.57. The second-order valence-electron chi connectivity index (χ2n) is 5.39. The average Bonchev–Trinajstić information content (AvgIpc) is 2.27. The summed E-state index contributed by atoms with van der Waals surface area (Å²) < 4.78 is 18.3. The quantitative estimate of drug-likeness (QED) is 0.887. The molecule has 0 saturated heterocycles. The molecule has 0 aliphatic rings. The van der Waals surface area contributed by atoms with E-state index in [0.717, 1.165) is 0 Å². The molecular formula is C14H20FNO3. The first-order chi connectivity index (χ1) is 8.73. The fourth-order valence-corrected chi connectivity index (χ4v) is 1.57. The van der Waals surface area contributed by atoms with Crippen LogP contribution in [0.4, 0.5) is 9.18 Å². The minimum atomic E-state index is -0.617. The monoisotopic (exact) mass is 269 g/mol. The van der Waals surface area contributed by atoms with Gasteiger partial charge in [-0.25, -0.2) is 9.18 Å². The van der Waals surface area contributed by atoms with Gasteiger partial charge in [-0.3, -0.25) is 0 Å². The minimum absolute atomic E-state index is 0.287. The van der Waals surface area contributed by atoms with Crippen molar-refractivity contribution in [2.45, 2.75) is 39.3 Å². The smallest absolute Gasteiger partial charge is 0.408 e. The molecule has 1 aromatic rings. The van der Waals surface area contributed by atoms with Gasteiger partial charge in [0.25, 0.3) is 0 Å². The third-order valence-electron chi connectivity index (χ3n) is 2.46. The molecule has 106 valence electrons. The van der Waals surface area contributed by atoms with Crippen LogP contribution >= 0.6 is 0 Å². The Bertz CT molecular complexity index is 454. The summed E-state index contributed by atoms with van der Waals surface area (Å²) in [6.07, 6.45) is -0.617. The summed E-state index contributed by atoms with van der Waals surface area (Å²) in [6.45, 7) is 6.60. The number of alkyl carbamates (subject to hydrolysis) is 1. The van der Waals surface area contributed by atoms with Crippen molar-refractivity contribution in [2.75, 3.05) is 6.61 Å². The minimum Gasteiger partial charge on any atom is -0.444 e. The van der Waals surface area contributed by atoms with Crippen LogP contribution in [0, 0.1) is 12.7 Å². The lowest BCUT2D eigenvalue weighted by atomic mass is 10.0. The molecule has 1 aromatic carbocycles.